The van der Waals surface area contributed by atoms with Crippen molar-refractivity contribution in [2.75, 3.05) is 0 Å². The molecule has 10 heteroatoms. The smallest absolute Gasteiger partial charge is 0.212 e. The van der Waals surface area contributed by atoms with Gasteiger partial charge in [-0.15, -0.1) is 0 Å². The van der Waals surface area contributed by atoms with Gasteiger partial charge in [0.25, 0.3) is 0 Å². The molecule has 0 fully saturated rings. The Morgan fingerprint density at radius 2 is 1.97 bits per heavy atom. The maximum absolute atomic E-state index is 15.1. The van der Waals surface area contributed by atoms with Crippen LogP contribution in [0.4, 0.5) is 8.78 Å². The number of nitrogens with two attached hydrogens (primary N) is 1. The zero-order valence-electron chi connectivity index (χ0n) is 16.8. The number of carbonyl (C=O) groups is 1. The molecule has 0 radical (unpaired) electrons. The molecule has 0 saturated heterocycles. The largest absolute Gasteiger partial charge is 0.345 e. The number of halogens is 2. The third-order valence-corrected chi connectivity index (χ3v) is 6.53. The van der Waals surface area contributed by atoms with Gasteiger partial charge >= 0.3 is 0 Å². The van der Waals surface area contributed by atoms with Crippen LogP contribution in [0.1, 0.15) is 28.4 Å². The van der Waals surface area contributed by atoms with E-state index in [4.69, 9.17) is 5.14 Å². The molecule has 7 nitrogen and oxygen atoms in total. The monoisotopic (exact) mass is 456 g/mol. The highest BCUT2D eigenvalue weighted by molar-refractivity contribution is 7.89. The fourth-order valence-corrected chi connectivity index (χ4v) is 3.82. The number of H-pyrrole nitrogens is 1. The molecule has 164 valence electrons. The summed E-state index contributed by atoms with van der Waals surface area (Å²) >= 11 is 0. The third-order valence-electron chi connectivity index (χ3n) is 5.24. The van der Waals surface area contributed by atoms with Gasteiger partial charge in [0.1, 0.15) is 17.3 Å². The van der Waals surface area contributed by atoms with Crippen LogP contribution in [0.3, 0.4) is 0 Å². The summed E-state index contributed by atoms with van der Waals surface area (Å²) in [6, 6.07) is 7.31. The zero-order chi connectivity index (χ0) is 23.0. The second kappa shape index (κ2) is 8.21. The number of carbonyl (C=O) groups excluding carboxylic acids is 1. The van der Waals surface area contributed by atoms with Crippen LogP contribution in [0.15, 0.2) is 55.1 Å². The van der Waals surface area contributed by atoms with Crippen LogP contribution in [0.5, 0.6) is 0 Å². The second-order valence-corrected chi connectivity index (χ2v) is 9.38. The van der Waals surface area contributed by atoms with Crippen LogP contribution >= 0.6 is 0 Å². The number of sulfonamides is 1. The predicted molar refractivity (Wildman–Crippen MR) is 115 cm³/mol. The molecule has 1 atom stereocenters. The lowest BCUT2D eigenvalue weighted by molar-refractivity contribution is 0.103. The Labute approximate surface area is 182 Å². The molecule has 32 heavy (non-hydrogen) atoms. The van der Waals surface area contributed by atoms with Crippen LogP contribution < -0.4 is 5.14 Å². The highest BCUT2D eigenvalue weighted by atomic mass is 32.2. The first-order valence-corrected chi connectivity index (χ1v) is 11.2. The Balaban J connectivity index is 1.79. The number of nitrogens with one attached hydrogen (secondary N) is 1. The lowest BCUT2D eigenvalue weighted by atomic mass is 9.97. The number of nitrogens with zero attached hydrogens (tertiary/aromatic N) is 2. The van der Waals surface area contributed by atoms with Gasteiger partial charge in [0.15, 0.2) is 0 Å². The molecule has 0 saturated carbocycles. The topological polar surface area (TPSA) is 119 Å². The minimum atomic E-state index is -3.93. The average Bonchev–Trinajstić information content (AvgIpc) is 3.19. The molecular formula is C22H18F2N4O3S. The van der Waals surface area contributed by atoms with Gasteiger partial charge in [0, 0.05) is 46.9 Å². The van der Waals surface area contributed by atoms with Crippen LogP contribution in [0.2, 0.25) is 0 Å². The minimum Gasteiger partial charge on any atom is -0.345 e. The molecule has 0 amide bonds. The fourth-order valence-electron chi connectivity index (χ4n) is 3.40. The van der Waals surface area contributed by atoms with Gasteiger partial charge < -0.3 is 4.98 Å². The third kappa shape index (κ3) is 4.02. The van der Waals surface area contributed by atoms with E-state index >= 15 is 4.39 Å². The first kappa shape index (κ1) is 21.7. The molecule has 3 heterocycles. The fraction of sp³-hybridized carbons (Fsp3) is 0.136. The molecule has 4 rings (SSSR count). The standard InChI is InChI=1S/C22H18F2N4O3S/c1-12(32(25,30)31)7-13-4-5-18(23)19(20(13)24)21(29)17-11-28-22-16(17)8-15(10-27-22)14-3-2-6-26-9-14/h2-6,8-12H,7H2,1H3,(H,27,28)(H2,25,30,31). The number of aromatic nitrogens is 3. The van der Waals surface area contributed by atoms with Crippen LogP contribution in [0, 0.1) is 11.6 Å². The zero-order valence-corrected chi connectivity index (χ0v) is 17.7. The number of pyridine rings is 2. The van der Waals surface area contributed by atoms with Gasteiger partial charge in [0.2, 0.25) is 15.8 Å². The summed E-state index contributed by atoms with van der Waals surface area (Å²) in [5.74, 6) is -3.05. The lowest BCUT2D eigenvalue weighted by Crippen LogP contribution is -2.28. The SMILES string of the molecule is CC(Cc1ccc(F)c(C(=O)c2c[nH]c3ncc(-c4cccnc4)cc23)c1F)S(N)(=O)=O. The molecule has 0 aliphatic heterocycles. The van der Waals surface area contributed by atoms with E-state index in [1.807, 2.05) is 6.07 Å². The highest BCUT2D eigenvalue weighted by Crippen LogP contribution is 2.28. The van der Waals surface area contributed by atoms with E-state index in [9.17, 15) is 17.6 Å². The first-order valence-electron chi connectivity index (χ1n) is 9.57. The van der Waals surface area contributed by atoms with Crippen molar-refractivity contribution in [3.05, 3.63) is 83.4 Å². The van der Waals surface area contributed by atoms with Crippen molar-refractivity contribution in [2.45, 2.75) is 18.6 Å². The van der Waals surface area contributed by atoms with Crippen molar-refractivity contribution in [3.63, 3.8) is 0 Å². The van der Waals surface area contributed by atoms with Crippen molar-refractivity contribution < 1.29 is 22.0 Å². The molecule has 0 aliphatic rings. The lowest BCUT2D eigenvalue weighted by Gasteiger charge is -2.12. The normalized spacial score (nSPS) is 12.8. The van der Waals surface area contributed by atoms with Crippen molar-refractivity contribution in [1.82, 2.24) is 15.0 Å². The highest BCUT2D eigenvalue weighted by Gasteiger charge is 2.26. The van der Waals surface area contributed by atoms with Gasteiger partial charge in [-0.1, -0.05) is 12.1 Å². The van der Waals surface area contributed by atoms with E-state index in [0.29, 0.717) is 16.6 Å². The van der Waals surface area contributed by atoms with Crippen LogP contribution in [-0.4, -0.2) is 34.4 Å². The van der Waals surface area contributed by atoms with E-state index in [2.05, 4.69) is 15.0 Å². The average molecular weight is 456 g/mol. The van der Waals surface area contributed by atoms with Gasteiger partial charge in [-0.25, -0.2) is 27.3 Å². The Morgan fingerprint density at radius 3 is 2.66 bits per heavy atom. The molecule has 3 aromatic heterocycles. The number of ketones is 1. The molecule has 1 unspecified atom stereocenters. The van der Waals surface area contributed by atoms with E-state index in [1.165, 1.54) is 13.1 Å². The molecule has 0 bridgehead atoms. The Kier molecular flexibility index (Phi) is 5.57. The van der Waals surface area contributed by atoms with E-state index in [0.717, 1.165) is 17.7 Å². The van der Waals surface area contributed by atoms with E-state index in [-0.39, 0.29) is 17.5 Å². The van der Waals surface area contributed by atoms with Crippen molar-refractivity contribution in [1.29, 1.82) is 0 Å². The maximum atomic E-state index is 15.1. The van der Waals surface area contributed by atoms with Gasteiger partial charge in [0.05, 0.1) is 10.8 Å². The summed E-state index contributed by atoms with van der Waals surface area (Å²) in [5, 5.41) is 4.38. The Hall–Kier alpha value is -3.50. The molecular weight excluding hydrogens is 438 g/mol. The van der Waals surface area contributed by atoms with Gasteiger partial charge in [-0.05, 0) is 37.1 Å². The molecule has 0 aliphatic carbocycles. The quantitative estimate of drug-likeness (QED) is 0.431. The number of hydrogen-bond acceptors (Lipinski definition) is 5. The molecule has 3 N–H and O–H groups in total. The second-order valence-electron chi connectivity index (χ2n) is 7.39. The van der Waals surface area contributed by atoms with Crippen molar-refractivity contribution >= 4 is 26.8 Å². The van der Waals surface area contributed by atoms with Crippen molar-refractivity contribution in [3.8, 4) is 11.1 Å². The van der Waals surface area contributed by atoms with Crippen LogP contribution in [-0.2, 0) is 16.4 Å². The maximum Gasteiger partial charge on any atom is 0.212 e. The van der Waals surface area contributed by atoms with Gasteiger partial charge in [-0.2, -0.15) is 0 Å². The molecule has 1 aromatic carbocycles. The van der Waals surface area contributed by atoms with Crippen LogP contribution in [0.25, 0.3) is 22.2 Å². The Bertz CT molecular complexity index is 1440. The van der Waals surface area contributed by atoms with Gasteiger partial charge in [-0.3, -0.25) is 9.78 Å². The summed E-state index contributed by atoms with van der Waals surface area (Å²) in [6.45, 7) is 1.31. The number of benzene rings is 1. The number of fused-ring (bicyclic) bond motifs is 1. The van der Waals surface area contributed by atoms with Crippen molar-refractivity contribution in [2.24, 2.45) is 5.14 Å². The summed E-state index contributed by atoms with van der Waals surface area (Å²) in [6.07, 6.45) is 5.89. The number of aromatic amines is 1. The minimum absolute atomic E-state index is 0.0349. The summed E-state index contributed by atoms with van der Waals surface area (Å²) in [5.41, 5.74) is 0.962. The first-order chi connectivity index (χ1) is 15.2. The van der Waals surface area contributed by atoms with E-state index in [1.54, 1.807) is 30.7 Å². The number of primary sulfonamides is 1. The summed E-state index contributed by atoms with van der Waals surface area (Å²) in [7, 11) is -3.93. The summed E-state index contributed by atoms with van der Waals surface area (Å²) < 4.78 is 52.7. The Morgan fingerprint density at radius 1 is 1.19 bits per heavy atom. The van der Waals surface area contributed by atoms with E-state index < -0.39 is 38.3 Å². The number of rotatable bonds is 6. The molecule has 0 spiro atoms. The summed E-state index contributed by atoms with van der Waals surface area (Å²) in [4.78, 5) is 24.3. The predicted octanol–water partition coefficient (Wildman–Crippen LogP) is 3.35. The molecule has 4 aromatic rings. The number of hydrogen-bond donors (Lipinski definition) is 2.